The molecular weight excluding hydrogens is 404 g/mol. The highest BCUT2D eigenvalue weighted by Crippen LogP contribution is 2.37. The molecule has 0 aliphatic carbocycles. The molecular formula is C25H34N4O3. The first-order chi connectivity index (χ1) is 15.6. The quantitative estimate of drug-likeness (QED) is 0.487. The molecule has 0 saturated carbocycles. The van der Waals surface area contributed by atoms with E-state index in [1.807, 2.05) is 6.07 Å². The molecule has 7 heteroatoms. The molecule has 1 aliphatic rings. The molecule has 1 saturated heterocycles. The molecule has 3 rings (SSSR count). The molecule has 0 aromatic heterocycles. The van der Waals surface area contributed by atoms with Crippen LogP contribution in [0.1, 0.15) is 18.1 Å². The van der Waals surface area contributed by atoms with E-state index in [9.17, 15) is 5.11 Å². The summed E-state index contributed by atoms with van der Waals surface area (Å²) in [5.74, 6) is 1.68. The number of nitrogens with one attached hydrogen (secondary N) is 1. The number of hydrogen-bond donors (Lipinski definition) is 2. The lowest BCUT2D eigenvalue weighted by molar-refractivity contribution is 0.194. The van der Waals surface area contributed by atoms with E-state index in [0.717, 1.165) is 50.8 Å². The van der Waals surface area contributed by atoms with Crippen molar-refractivity contribution in [2.45, 2.75) is 13.5 Å². The van der Waals surface area contributed by atoms with Crippen LogP contribution in [0.25, 0.3) is 6.08 Å². The molecule has 0 bridgehead atoms. The van der Waals surface area contributed by atoms with Crippen LogP contribution in [-0.2, 0) is 6.54 Å². The molecule has 0 atom stereocenters. The Balaban J connectivity index is 1.58. The van der Waals surface area contributed by atoms with Crippen molar-refractivity contribution in [2.75, 3.05) is 53.5 Å². The Morgan fingerprint density at radius 3 is 2.31 bits per heavy atom. The zero-order valence-electron chi connectivity index (χ0n) is 19.3. The van der Waals surface area contributed by atoms with Gasteiger partial charge in [-0.3, -0.25) is 4.90 Å². The minimum atomic E-state index is 0.00655. The molecule has 172 valence electrons. The van der Waals surface area contributed by atoms with Gasteiger partial charge in [0.25, 0.3) is 0 Å². The maximum atomic E-state index is 10.1. The predicted molar refractivity (Wildman–Crippen MR) is 130 cm³/mol. The van der Waals surface area contributed by atoms with Gasteiger partial charge >= 0.3 is 0 Å². The van der Waals surface area contributed by atoms with Crippen molar-refractivity contribution in [3.05, 3.63) is 59.7 Å². The summed E-state index contributed by atoms with van der Waals surface area (Å²) in [6.07, 6.45) is 4.41. The number of phenols is 1. The second-order valence-electron chi connectivity index (χ2n) is 7.62. The topological polar surface area (TPSA) is 69.6 Å². The molecule has 0 unspecified atom stereocenters. The highest BCUT2D eigenvalue weighted by Gasteiger charge is 2.19. The van der Waals surface area contributed by atoms with Gasteiger partial charge < -0.3 is 24.8 Å². The van der Waals surface area contributed by atoms with Crippen molar-refractivity contribution in [1.82, 2.24) is 15.1 Å². The Hall–Kier alpha value is -3.19. The van der Waals surface area contributed by atoms with E-state index in [1.165, 1.54) is 19.8 Å². The highest BCUT2D eigenvalue weighted by atomic mass is 16.5. The summed E-state index contributed by atoms with van der Waals surface area (Å²) >= 11 is 0. The lowest BCUT2D eigenvalue weighted by Crippen LogP contribution is -2.52. The van der Waals surface area contributed by atoms with E-state index in [2.05, 4.69) is 58.5 Å². The van der Waals surface area contributed by atoms with Crippen LogP contribution in [0.3, 0.4) is 0 Å². The summed E-state index contributed by atoms with van der Waals surface area (Å²) < 4.78 is 10.5. The fraction of sp³-hybridized carbons (Fsp3) is 0.400. The molecule has 1 heterocycles. The minimum absolute atomic E-state index is 0.00655. The van der Waals surface area contributed by atoms with Crippen LogP contribution in [0.2, 0.25) is 0 Å². The van der Waals surface area contributed by atoms with E-state index in [0.29, 0.717) is 18.0 Å². The lowest BCUT2D eigenvalue weighted by atomic mass is 10.2. The lowest BCUT2D eigenvalue weighted by Gasteiger charge is -2.36. The number of aromatic hydroxyl groups is 1. The molecule has 7 nitrogen and oxygen atoms in total. The van der Waals surface area contributed by atoms with Gasteiger partial charge in [-0.1, -0.05) is 42.5 Å². The second kappa shape index (κ2) is 12.0. The Morgan fingerprint density at radius 1 is 1.06 bits per heavy atom. The first-order valence-corrected chi connectivity index (χ1v) is 11.1. The average molecular weight is 439 g/mol. The first kappa shape index (κ1) is 23.5. The van der Waals surface area contributed by atoms with E-state index in [1.54, 1.807) is 12.1 Å². The summed E-state index contributed by atoms with van der Waals surface area (Å²) in [4.78, 5) is 9.58. The molecule has 1 fully saturated rings. The molecule has 2 aromatic carbocycles. The Bertz CT molecular complexity index is 882. The van der Waals surface area contributed by atoms with Crippen molar-refractivity contribution in [3.63, 3.8) is 0 Å². The molecule has 0 radical (unpaired) electrons. The number of ether oxygens (including phenoxy) is 2. The monoisotopic (exact) mass is 438 g/mol. The maximum Gasteiger partial charge on any atom is 0.200 e. The fourth-order valence-electron chi connectivity index (χ4n) is 3.68. The van der Waals surface area contributed by atoms with Crippen LogP contribution in [-0.4, -0.2) is 74.4 Å². The molecule has 0 spiro atoms. The summed E-state index contributed by atoms with van der Waals surface area (Å²) in [6.45, 7) is 8.13. The van der Waals surface area contributed by atoms with E-state index < -0.39 is 0 Å². The van der Waals surface area contributed by atoms with Crippen molar-refractivity contribution in [1.29, 1.82) is 0 Å². The zero-order valence-corrected chi connectivity index (χ0v) is 19.3. The van der Waals surface area contributed by atoms with Gasteiger partial charge in [-0.15, -0.1) is 0 Å². The molecule has 2 N–H and O–H groups in total. The van der Waals surface area contributed by atoms with Crippen LogP contribution >= 0.6 is 0 Å². The average Bonchev–Trinajstić information content (AvgIpc) is 2.83. The van der Waals surface area contributed by atoms with Gasteiger partial charge in [-0.2, -0.15) is 0 Å². The smallest absolute Gasteiger partial charge is 0.200 e. The maximum absolute atomic E-state index is 10.1. The summed E-state index contributed by atoms with van der Waals surface area (Å²) in [5, 5.41) is 13.5. The Morgan fingerprint density at radius 2 is 1.72 bits per heavy atom. The third-order valence-electron chi connectivity index (χ3n) is 5.43. The summed E-state index contributed by atoms with van der Waals surface area (Å²) in [5.41, 5.74) is 2.15. The largest absolute Gasteiger partial charge is 0.502 e. The van der Waals surface area contributed by atoms with E-state index >= 15 is 0 Å². The number of hydrogen-bond acceptors (Lipinski definition) is 5. The standard InChI is InChI=1S/C25H34N4O3/c1-4-26-25(27-19-21-17-22(31-2)24(30)23(18-21)32-3)29-15-13-28(14-16-29)12-8-11-20-9-6-5-7-10-20/h5-11,17-18,30H,4,12-16,19H2,1-3H3,(H,26,27)/b11-8+. The van der Waals surface area contributed by atoms with Crippen LogP contribution in [0.5, 0.6) is 17.2 Å². The van der Waals surface area contributed by atoms with Crippen LogP contribution in [0, 0.1) is 0 Å². The summed E-state index contributed by atoms with van der Waals surface area (Å²) in [7, 11) is 3.06. The Labute approximate surface area is 191 Å². The molecule has 0 amide bonds. The SMILES string of the molecule is CCNC(=NCc1cc(OC)c(O)c(OC)c1)N1CCN(C/C=C/c2ccccc2)CC1. The van der Waals surface area contributed by atoms with Gasteiger partial charge in [-0.25, -0.2) is 4.99 Å². The molecule has 2 aromatic rings. The van der Waals surface area contributed by atoms with Gasteiger partial charge in [-0.05, 0) is 30.2 Å². The number of methoxy groups -OCH3 is 2. The van der Waals surface area contributed by atoms with Crippen molar-refractivity contribution in [2.24, 2.45) is 4.99 Å². The van der Waals surface area contributed by atoms with Crippen LogP contribution in [0.15, 0.2) is 53.5 Å². The van der Waals surface area contributed by atoms with Crippen molar-refractivity contribution in [3.8, 4) is 17.2 Å². The van der Waals surface area contributed by atoms with Gasteiger partial charge in [0.15, 0.2) is 17.5 Å². The van der Waals surface area contributed by atoms with Gasteiger partial charge in [0.05, 0.1) is 20.8 Å². The van der Waals surface area contributed by atoms with Crippen molar-refractivity contribution >= 4 is 12.0 Å². The minimum Gasteiger partial charge on any atom is -0.502 e. The van der Waals surface area contributed by atoms with Crippen LogP contribution < -0.4 is 14.8 Å². The number of phenolic OH excluding ortho intramolecular Hbond substituents is 1. The Kier molecular flexibility index (Phi) is 8.80. The number of guanidine groups is 1. The van der Waals surface area contributed by atoms with E-state index in [4.69, 9.17) is 14.5 Å². The second-order valence-corrected chi connectivity index (χ2v) is 7.62. The van der Waals surface area contributed by atoms with Crippen molar-refractivity contribution < 1.29 is 14.6 Å². The van der Waals surface area contributed by atoms with Gasteiger partial charge in [0, 0.05) is 39.3 Å². The number of aliphatic imine (C=N–C) groups is 1. The third kappa shape index (κ3) is 6.40. The number of nitrogens with zero attached hydrogens (tertiary/aromatic N) is 3. The first-order valence-electron chi connectivity index (χ1n) is 11.1. The number of benzene rings is 2. The van der Waals surface area contributed by atoms with E-state index in [-0.39, 0.29) is 5.75 Å². The third-order valence-corrected chi connectivity index (χ3v) is 5.43. The summed E-state index contributed by atoms with van der Waals surface area (Å²) in [6, 6.07) is 14.0. The number of piperazine rings is 1. The predicted octanol–water partition coefficient (Wildman–Crippen LogP) is 3.21. The number of rotatable bonds is 8. The van der Waals surface area contributed by atoms with Gasteiger partial charge in [0.2, 0.25) is 5.75 Å². The highest BCUT2D eigenvalue weighted by molar-refractivity contribution is 5.80. The zero-order chi connectivity index (χ0) is 22.8. The normalized spacial score (nSPS) is 15.2. The fourth-order valence-corrected chi connectivity index (χ4v) is 3.68. The van der Waals surface area contributed by atoms with Gasteiger partial charge in [0.1, 0.15) is 0 Å². The molecule has 32 heavy (non-hydrogen) atoms. The molecule has 1 aliphatic heterocycles. The van der Waals surface area contributed by atoms with Crippen LogP contribution in [0.4, 0.5) is 0 Å².